The van der Waals surface area contributed by atoms with Gasteiger partial charge in [-0.1, -0.05) is 23.2 Å². The zero-order chi connectivity index (χ0) is 27.0. The van der Waals surface area contributed by atoms with Gasteiger partial charge in [0, 0.05) is 18.3 Å². The summed E-state index contributed by atoms with van der Waals surface area (Å²) >= 11 is 12.7. The van der Waals surface area contributed by atoms with Crippen LogP contribution in [0.2, 0.25) is 10.0 Å². The molecule has 0 atom stereocenters. The topological polar surface area (TPSA) is 160 Å². The second kappa shape index (κ2) is 10.1. The fourth-order valence-electron chi connectivity index (χ4n) is 3.94. The van der Waals surface area contributed by atoms with E-state index in [4.69, 9.17) is 33.0 Å². The molecule has 0 aliphatic carbocycles. The molecule has 0 spiro atoms. The molecule has 5 rings (SSSR count). The number of ether oxygens (including phenoxy) is 1. The molecule has 192 valence electrons. The highest BCUT2D eigenvalue weighted by Crippen LogP contribution is 2.39. The van der Waals surface area contributed by atoms with E-state index in [0.29, 0.717) is 41.2 Å². The number of aromatic carboxylic acids is 1. The number of fused-ring (bicyclic) bond motifs is 1. The number of halogens is 2. The van der Waals surface area contributed by atoms with E-state index in [2.05, 4.69) is 15.3 Å². The summed E-state index contributed by atoms with van der Waals surface area (Å²) in [6, 6.07) is 11.1. The summed E-state index contributed by atoms with van der Waals surface area (Å²) in [5, 5.41) is 20.6. The van der Waals surface area contributed by atoms with Gasteiger partial charge in [-0.2, -0.15) is 20.0 Å². The SMILES string of the molecule is O=C(O)c1nn(-c2cc(Cl)c(Oc3ccc4c(c3)CCN(Cc3cccnn3)C4=O)c(Cl)c2)c(=O)[nH]c1=O. The van der Waals surface area contributed by atoms with Gasteiger partial charge in [0.05, 0.1) is 28.0 Å². The molecule has 0 bridgehead atoms. The second-order valence-electron chi connectivity index (χ2n) is 8.18. The first-order valence-electron chi connectivity index (χ1n) is 11.0. The van der Waals surface area contributed by atoms with E-state index in [1.807, 2.05) is 4.98 Å². The quantitative estimate of drug-likeness (QED) is 0.365. The van der Waals surface area contributed by atoms with Crippen molar-refractivity contribution in [2.75, 3.05) is 6.54 Å². The smallest absolute Gasteiger partial charge is 0.362 e. The number of aromatic amines is 1. The van der Waals surface area contributed by atoms with Crippen LogP contribution in [0.5, 0.6) is 11.5 Å². The minimum absolute atomic E-state index is 0.00628. The Balaban J connectivity index is 1.39. The second-order valence-corrected chi connectivity index (χ2v) is 8.99. The lowest BCUT2D eigenvalue weighted by molar-refractivity contribution is 0.0683. The maximum Gasteiger partial charge on any atom is 0.362 e. The highest BCUT2D eigenvalue weighted by Gasteiger charge is 2.25. The molecule has 1 aliphatic heterocycles. The fraction of sp³-hybridized carbons (Fsp3) is 0.125. The van der Waals surface area contributed by atoms with Crippen LogP contribution < -0.4 is 16.0 Å². The van der Waals surface area contributed by atoms with Crippen molar-refractivity contribution in [2.45, 2.75) is 13.0 Å². The molecular weight excluding hydrogens is 539 g/mol. The maximum absolute atomic E-state index is 13.0. The van der Waals surface area contributed by atoms with Crippen LogP contribution in [-0.4, -0.2) is 53.4 Å². The normalized spacial score (nSPS) is 12.8. The van der Waals surface area contributed by atoms with Crippen LogP contribution in [0.3, 0.4) is 0 Å². The molecule has 1 amide bonds. The number of hydrogen-bond acceptors (Lipinski definition) is 8. The Morgan fingerprint density at radius 1 is 1.11 bits per heavy atom. The molecule has 2 aromatic carbocycles. The molecule has 0 saturated carbocycles. The third-order valence-electron chi connectivity index (χ3n) is 5.70. The summed E-state index contributed by atoms with van der Waals surface area (Å²) in [4.78, 5) is 51.7. The number of amides is 1. The average molecular weight is 555 g/mol. The number of aromatic nitrogens is 5. The van der Waals surface area contributed by atoms with Gasteiger partial charge in [0.25, 0.3) is 11.5 Å². The minimum Gasteiger partial charge on any atom is -0.476 e. The Morgan fingerprint density at radius 2 is 1.87 bits per heavy atom. The largest absolute Gasteiger partial charge is 0.476 e. The molecule has 14 heteroatoms. The number of nitrogens with zero attached hydrogens (tertiary/aromatic N) is 5. The van der Waals surface area contributed by atoms with Crippen molar-refractivity contribution in [1.82, 2.24) is 29.9 Å². The molecule has 4 aromatic rings. The van der Waals surface area contributed by atoms with Gasteiger partial charge in [0.1, 0.15) is 5.75 Å². The molecular formula is C24H16Cl2N6O6. The van der Waals surface area contributed by atoms with Crippen molar-refractivity contribution in [3.63, 3.8) is 0 Å². The number of carbonyl (C=O) groups excluding carboxylic acids is 1. The monoisotopic (exact) mass is 554 g/mol. The number of carboxylic acid groups (broad SMARTS) is 1. The van der Waals surface area contributed by atoms with E-state index in [1.165, 1.54) is 12.1 Å². The molecule has 38 heavy (non-hydrogen) atoms. The van der Waals surface area contributed by atoms with E-state index in [1.54, 1.807) is 41.4 Å². The lowest BCUT2D eigenvalue weighted by Gasteiger charge is -2.28. The van der Waals surface area contributed by atoms with Gasteiger partial charge in [0.2, 0.25) is 5.69 Å². The molecule has 0 fully saturated rings. The summed E-state index contributed by atoms with van der Waals surface area (Å²) in [7, 11) is 0. The Labute approximate surface area is 223 Å². The first-order chi connectivity index (χ1) is 18.2. The van der Waals surface area contributed by atoms with Crippen LogP contribution >= 0.6 is 23.2 Å². The predicted molar refractivity (Wildman–Crippen MR) is 134 cm³/mol. The van der Waals surface area contributed by atoms with Crippen molar-refractivity contribution in [2.24, 2.45) is 0 Å². The van der Waals surface area contributed by atoms with Crippen LogP contribution in [0.1, 0.15) is 32.1 Å². The summed E-state index contributed by atoms with van der Waals surface area (Å²) in [6.07, 6.45) is 2.16. The highest BCUT2D eigenvalue weighted by atomic mass is 35.5. The first kappa shape index (κ1) is 25.1. The minimum atomic E-state index is -1.61. The molecule has 2 N–H and O–H groups in total. The van der Waals surface area contributed by atoms with E-state index in [9.17, 15) is 19.2 Å². The fourth-order valence-corrected chi connectivity index (χ4v) is 4.49. The lowest BCUT2D eigenvalue weighted by Crippen LogP contribution is -2.37. The highest BCUT2D eigenvalue weighted by molar-refractivity contribution is 6.37. The molecule has 12 nitrogen and oxygen atoms in total. The summed E-state index contributed by atoms with van der Waals surface area (Å²) in [5.41, 5.74) is -0.969. The van der Waals surface area contributed by atoms with E-state index in [0.717, 1.165) is 5.56 Å². The lowest BCUT2D eigenvalue weighted by atomic mass is 9.98. The number of nitrogens with one attached hydrogen (secondary N) is 1. The Bertz CT molecular complexity index is 1680. The Hall–Kier alpha value is -4.55. The van der Waals surface area contributed by atoms with Crippen LogP contribution in [0.25, 0.3) is 5.69 Å². The van der Waals surface area contributed by atoms with E-state index >= 15 is 0 Å². The summed E-state index contributed by atoms with van der Waals surface area (Å²) < 4.78 is 6.56. The van der Waals surface area contributed by atoms with Gasteiger partial charge in [-0.05, 0) is 54.4 Å². The van der Waals surface area contributed by atoms with Crippen LogP contribution in [-0.2, 0) is 13.0 Å². The number of benzene rings is 2. The first-order valence-corrected chi connectivity index (χ1v) is 11.8. The van der Waals surface area contributed by atoms with Crippen molar-refractivity contribution in [1.29, 1.82) is 0 Å². The molecule has 2 aromatic heterocycles. The molecule has 3 heterocycles. The van der Waals surface area contributed by atoms with Crippen LogP contribution in [0.15, 0.2) is 58.3 Å². The van der Waals surface area contributed by atoms with Crippen molar-refractivity contribution in [3.8, 4) is 17.2 Å². The molecule has 0 unspecified atom stereocenters. The van der Waals surface area contributed by atoms with Gasteiger partial charge in [-0.25, -0.2) is 9.59 Å². The van der Waals surface area contributed by atoms with E-state index in [-0.39, 0.29) is 27.4 Å². The summed E-state index contributed by atoms with van der Waals surface area (Å²) in [6.45, 7) is 0.838. The van der Waals surface area contributed by atoms with Crippen molar-refractivity contribution in [3.05, 3.63) is 102 Å². The van der Waals surface area contributed by atoms with Gasteiger partial charge < -0.3 is 14.7 Å². The van der Waals surface area contributed by atoms with Crippen LogP contribution in [0, 0.1) is 0 Å². The number of carboxylic acids is 1. The van der Waals surface area contributed by atoms with Gasteiger partial charge in [0.15, 0.2) is 5.75 Å². The number of carbonyl (C=O) groups is 2. The van der Waals surface area contributed by atoms with Gasteiger partial charge >= 0.3 is 11.7 Å². The third kappa shape index (κ3) is 4.86. The molecule has 0 radical (unpaired) electrons. The maximum atomic E-state index is 13.0. The van der Waals surface area contributed by atoms with Gasteiger partial charge in [-0.3, -0.25) is 14.6 Å². The zero-order valence-corrected chi connectivity index (χ0v) is 20.7. The Morgan fingerprint density at radius 3 is 2.55 bits per heavy atom. The molecule has 0 saturated heterocycles. The number of rotatable bonds is 6. The van der Waals surface area contributed by atoms with E-state index < -0.39 is 22.9 Å². The van der Waals surface area contributed by atoms with Crippen molar-refractivity contribution >= 4 is 35.1 Å². The number of hydrogen-bond donors (Lipinski definition) is 2. The third-order valence-corrected chi connectivity index (χ3v) is 6.27. The number of H-pyrrole nitrogens is 1. The molecule has 1 aliphatic rings. The predicted octanol–water partition coefficient (Wildman–Crippen LogP) is 2.71. The van der Waals surface area contributed by atoms with Gasteiger partial charge in [-0.15, -0.1) is 0 Å². The zero-order valence-electron chi connectivity index (χ0n) is 19.2. The average Bonchev–Trinajstić information content (AvgIpc) is 2.88. The summed E-state index contributed by atoms with van der Waals surface area (Å²) in [5.74, 6) is -1.30. The standard InChI is InChI=1S/C24H16Cl2N6O6/c25-17-9-14(32-24(37)28-21(33)19(30-32)23(35)36)10-18(26)20(17)38-15-3-4-16-12(8-15)5-7-31(22(16)34)11-13-2-1-6-27-29-13/h1-4,6,8-10H,5,7,11H2,(H,35,36)(H,28,33,37). The van der Waals surface area contributed by atoms with Crippen molar-refractivity contribution < 1.29 is 19.4 Å². The Kier molecular flexibility index (Phi) is 6.66. The van der Waals surface area contributed by atoms with Crippen LogP contribution in [0.4, 0.5) is 0 Å².